The van der Waals surface area contributed by atoms with Crippen LogP contribution in [0, 0.1) is 18.8 Å². The van der Waals surface area contributed by atoms with Crippen molar-refractivity contribution in [3.05, 3.63) is 65.9 Å². The highest BCUT2D eigenvalue weighted by molar-refractivity contribution is 6.05. The summed E-state index contributed by atoms with van der Waals surface area (Å²) >= 11 is 0. The van der Waals surface area contributed by atoms with Gasteiger partial charge in [0.15, 0.2) is 11.6 Å². The van der Waals surface area contributed by atoms with Crippen molar-refractivity contribution < 1.29 is 9.53 Å². The minimum Gasteiger partial charge on any atom is -0.493 e. The number of ether oxygens (including phenoxy) is 1. The number of Topliss-reactive ketones (excluding diaryl/α,β-unsaturated/α-hetero) is 1. The van der Waals surface area contributed by atoms with Crippen LogP contribution in [0.4, 0.5) is 5.69 Å². The van der Waals surface area contributed by atoms with Crippen LogP contribution in [-0.4, -0.2) is 32.7 Å². The van der Waals surface area contributed by atoms with E-state index < -0.39 is 0 Å². The molecule has 2 aliphatic rings. The standard InChI is InChI=1S/C29H30N4O2/c1-19-16-22-24(30-18-20-8-5-9-21(20)28(22)34)17-27(19)35-15-7-14-33-25-11-4-3-10-23(25)31-29(33)26-12-6-13-32(26)2/h3-4,6,10-13,16-18,20-21H,5,7-9,14-15H2,1-2H3/t20-,21?/m0/s1. The van der Waals surface area contributed by atoms with Gasteiger partial charge in [-0.1, -0.05) is 18.6 Å². The maximum absolute atomic E-state index is 13.1. The van der Waals surface area contributed by atoms with Crippen molar-refractivity contribution in [2.24, 2.45) is 23.9 Å². The molecule has 35 heavy (non-hydrogen) atoms. The molecule has 6 nitrogen and oxygen atoms in total. The largest absolute Gasteiger partial charge is 0.493 e. The van der Waals surface area contributed by atoms with Gasteiger partial charge in [0.25, 0.3) is 0 Å². The molecule has 0 N–H and O–H groups in total. The van der Waals surface area contributed by atoms with E-state index in [1.54, 1.807) is 0 Å². The van der Waals surface area contributed by atoms with Crippen molar-refractivity contribution in [1.82, 2.24) is 14.1 Å². The van der Waals surface area contributed by atoms with Gasteiger partial charge >= 0.3 is 0 Å². The highest BCUT2D eigenvalue weighted by atomic mass is 16.5. The number of hydrogen-bond donors (Lipinski definition) is 0. The Balaban J connectivity index is 1.20. The number of para-hydroxylation sites is 2. The Kier molecular flexibility index (Phi) is 5.51. The minimum atomic E-state index is 0.0922. The number of aromatic nitrogens is 3. The van der Waals surface area contributed by atoms with Crippen LogP contribution in [0.1, 0.15) is 41.6 Å². The first-order valence-corrected chi connectivity index (χ1v) is 12.5. The highest BCUT2D eigenvalue weighted by Gasteiger charge is 2.35. The number of hydrogen-bond acceptors (Lipinski definition) is 4. The number of ketones is 1. The van der Waals surface area contributed by atoms with Crippen LogP contribution >= 0.6 is 0 Å². The van der Waals surface area contributed by atoms with Crippen LogP contribution in [0.3, 0.4) is 0 Å². The molecule has 1 fully saturated rings. The SMILES string of the molecule is Cc1cc2c(cc1OCCCn1c(-c3cccn3C)nc3ccccc31)N=C[C@@H]1CCCC1C2=O. The van der Waals surface area contributed by atoms with Gasteiger partial charge in [0.2, 0.25) is 0 Å². The van der Waals surface area contributed by atoms with Crippen molar-refractivity contribution in [3.8, 4) is 17.3 Å². The van der Waals surface area contributed by atoms with E-state index in [9.17, 15) is 4.79 Å². The van der Waals surface area contributed by atoms with Gasteiger partial charge in [-0.15, -0.1) is 0 Å². The molecular weight excluding hydrogens is 436 g/mol. The van der Waals surface area contributed by atoms with E-state index in [2.05, 4.69) is 33.4 Å². The fraction of sp³-hybridized carbons (Fsp3) is 0.345. The van der Waals surface area contributed by atoms with Crippen molar-refractivity contribution in [2.45, 2.75) is 39.2 Å². The highest BCUT2D eigenvalue weighted by Crippen LogP contribution is 2.40. The van der Waals surface area contributed by atoms with E-state index in [-0.39, 0.29) is 17.6 Å². The summed E-state index contributed by atoms with van der Waals surface area (Å²) in [6.07, 6.45) is 8.02. The van der Waals surface area contributed by atoms with E-state index in [0.717, 1.165) is 77.3 Å². The molecule has 1 aliphatic carbocycles. The zero-order chi connectivity index (χ0) is 23.9. The molecule has 1 aliphatic heterocycles. The lowest BCUT2D eigenvalue weighted by atomic mass is 9.89. The molecule has 4 aromatic rings. The third-order valence-electron chi connectivity index (χ3n) is 7.48. The average Bonchev–Trinajstić information content (AvgIpc) is 3.57. The molecule has 3 heterocycles. The zero-order valence-corrected chi connectivity index (χ0v) is 20.3. The molecule has 6 rings (SSSR count). The van der Waals surface area contributed by atoms with Gasteiger partial charge in [-0.05, 0) is 62.1 Å². The smallest absolute Gasteiger partial charge is 0.168 e. The van der Waals surface area contributed by atoms with E-state index in [4.69, 9.17) is 14.7 Å². The van der Waals surface area contributed by atoms with Crippen molar-refractivity contribution in [1.29, 1.82) is 0 Å². The molecule has 6 heteroatoms. The Morgan fingerprint density at radius 3 is 2.86 bits per heavy atom. The first-order valence-electron chi connectivity index (χ1n) is 12.5. The predicted octanol–water partition coefficient (Wildman–Crippen LogP) is 6.13. The number of imidazole rings is 1. The molecule has 0 bridgehead atoms. The third-order valence-corrected chi connectivity index (χ3v) is 7.48. The van der Waals surface area contributed by atoms with Crippen LogP contribution in [0.15, 0.2) is 59.7 Å². The Bertz CT molecular complexity index is 1440. The van der Waals surface area contributed by atoms with Crippen LogP contribution in [0.5, 0.6) is 5.75 Å². The van der Waals surface area contributed by atoms with E-state index in [0.29, 0.717) is 6.61 Å². The van der Waals surface area contributed by atoms with Crippen LogP contribution in [0.2, 0.25) is 0 Å². The molecule has 2 atom stereocenters. The van der Waals surface area contributed by atoms with Gasteiger partial charge in [-0.3, -0.25) is 9.79 Å². The Labute approximate surface area is 205 Å². The third kappa shape index (κ3) is 3.87. The van der Waals surface area contributed by atoms with Crippen molar-refractivity contribution >= 4 is 28.7 Å². The number of carbonyl (C=O) groups excluding carboxylic acids is 1. The van der Waals surface area contributed by atoms with Crippen molar-refractivity contribution in [3.63, 3.8) is 0 Å². The van der Waals surface area contributed by atoms with Gasteiger partial charge in [0, 0.05) is 49.5 Å². The fourth-order valence-corrected chi connectivity index (χ4v) is 5.60. The normalized spacial score (nSPS) is 19.1. The fourth-order valence-electron chi connectivity index (χ4n) is 5.60. The summed E-state index contributed by atoms with van der Waals surface area (Å²) in [6.45, 7) is 3.38. The van der Waals surface area contributed by atoms with Gasteiger partial charge in [-0.2, -0.15) is 0 Å². The van der Waals surface area contributed by atoms with Crippen LogP contribution in [0.25, 0.3) is 22.6 Å². The second kappa shape index (κ2) is 8.84. The van der Waals surface area contributed by atoms with Crippen molar-refractivity contribution in [2.75, 3.05) is 6.61 Å². The molecule has 1 unspecified atom stereocenters. The number of benzene rings is 2. The Hall–Kier alpha value is -3.67. The lowest BCUT2D eigenvalue weighted by molar-refractivity contribution is 0.0912. The number of aliphatic imine (C=N–C) groups is 1. The summed E-state index contributed by atoms with van der Waals surface area (Å²) in [4.78, 5) is 22.7. The molecule has 2 aromatic heterocycles. The molecule has 178 valence electrons. The first-order chi connectivity index (χ1) is 17.1. The van der Waals surface area contributed by atoms with E-state index in [1.807, 2.05) is 50.6 Å². The van der Waals surface area contributed by atoms with Gasteiger partial charge < -0.3 is 13.9 Å². The topological polar surface area (TPSA) is 61.4 Å². The second-order valence-corrected chi connectivity index (χ2v) is 9.76. The Morgan fingerprint density at radius 1 is 1.11 bits per heavy atom. The van der Waals surface area contributed by atoms with E-state index in [1.165, 1.54) is 0 Å². The molecular formula is C29H30N4O2. The summed E-state index contributed by atoms with van der Waals surface area (Å²) in [7, 11) is 2.05. The summed E-state index contributed by atoms with van der Waals surface area (Å²) in [5.41, 5.74) is 5.70. The van der Waals surface area contributed by atoms with Crippen LogP contribution in [-0.2, 0) is 13.6 Å². The molecule has 1 saturated carbocycles. The monoisotopic (exact) mass is 466 g/mol. The average molecular weight is 467 g/mol. The Morgan fingerprint density at radius 2 is 2.00 bits per heavy atom. The second-order valence-electron chi connectivity index (χ2n) is 9.76. The number of aryl methyl sites for hydroxylation is 3. The lowest BCUT2D eigenvalue weighted by Crippen LogP contribution is -2.18. The zero-order valence-electron chi connectivity index (χ0n) is 20.3. The van der Waals surface area contributed by atoms with Gasteiger partial charge in [-0.25, -0.2) is 4.98 Å². The molecule has 0 saturated heterocycles. The number of nitrogens with zero attached hydrogens (tertiary/aromatic N) is 4. The first kappa shape index (κ1) is 21.8. The molecule has 2 aromatic carbocycles. The maximum atomic E-state index is 13.1. The number of fused-ring (bicyclic) bond motifs is 3. The molecule has 0 radical (unpaired) electrons. The number of carbonyl (C=O) groups is 1. The molecule has 0 amide bonds. The lowest BCUT2D eigenvalue weighted by Gasteiger charge is -2.15. The summed E-state index contributed by atoms with van der Waals surface area (Å²) in [5.74, 6) is 2.39. The van der Waals surface area contributed by atoms with Gasteiger partial charge in [0.05, 0.1) is 29.0 Å². The number of rotatable bonds is 6. The summed E-state index contributed by atoms with van der Waals surface area (Å²) in [5, 5.41) is 0. The molecule has 0 spiro atoms. The van der Waals surface area contributed by atoms with Crippen LogP contribution < -0.4 is 4.74 Å². The maximum Gasteiger partial charge on any atom is 0.168 e. The quantitative estimate of drug-likeness (QED) is 0.321. The summed E-state index contributed by atoms with van der Waals surface area (Å²) in [6, 6.07) is 16.3. The minimum absolute atomic E-state index is 0.0922. The predicted molar refractivity (Wildman–Crippen MR) is 139 cm³/mol. The van der Waals surface area contributed by atoms with E-state index >= 15 is 0 Å². The summed E-state index contributed by atoms with van der Waals surface area (Å²) < 4.78 is 10.6. The van der Waals surface area contributed by atoms with Gasteiger partial charge in [0.1, 0.15) is 5.75 Å².